The van der Waals surface area contributed by atoms with Crippen LogP contribution in [0.3, 0.4) is 0 Å². The van der Waals surface area contributed by atoms with Crippen LogP contribution in [0.1, 0.15) is 12.8 Å². The molecule has 14 heavy (non-hydrogen) atoms. The van der Waals surface area contributed by atoms with Crippen molar-refractivity contribution >= 4 is 0 Å². The van der Waals surface area contributed by atoms with Crippen LogP contribution in [-0.2, 0) is 0 Å². The molecule has 0 fully saturated rings. The molecule has 0 saturated heterocycles. The zero-order valence-corrected chi connectivity index (χ0v) is 8.09. The summed E-state index contributed by atoms with van der Waals surface area (Å²) >= 11 is 0. The Bertz CT molecular complexity index is 345. The Balaban J connectivity index is 2.76. The van der Waals surface area contributed by atoms with Crippen molar-refractivity contribution in [3.8, 4) is 0 Å². The minimum absolute atomic E-state index is 0.0467. The summed E-state index contributed by atoms with van der Waals surface area (Å²) in [7, 11) is 0. The second-order valence-electron chi connectivity index (χ2n) is 3.19. The van der Waals surface area contributed by atoms with E-state index in [1.807, 2.05) is 12.2 Å². The van der Waals surface area contributed by atoms with Crippen LogP contribution < -0.4 is 5.73 Å². The van der Waals surface area contributed by atoms with Crippen molar-refractivity contribution in [1.82, 2.24) is 0 Å². The highest BCUT2D eigenvalue weighted by Gasteiger charge is 2.03. The molecule has 1 rings (SSSR count). The normalized spacial score (nSPS) is 16.4. The average molecular weight is 191 g/mol. The molecule has 1 aliphatic rings. The van der Waals surface area contributed by atoms with Gasteiger partial charge in [-0.1, -0.05) is 31.4 Å². The maximum absolute atomic E-state index is 12.6. The molecular weight excluding hydrogens is 177 g/mol. The maximum Gasteiger partial charge on any atom is 0.138 e. The monoisotopic (exact) mass is 191 g/mol. The third kappa shape index (κ3) is 2.73. The van der Waals surface area contributed by atoms with E-state index in [1.165, 1.54) is 6.08 Å². The number of hydrogen-bond acceptors (Lipinski definition) is 1. The summed E-state index contributed by atoms with van der Waals surface area (Å²) in [5.41, 5.74) is 7.30. The van der Waals surface area contributed by atoms with Crippen LogP contribution >= 0.6 is 0 Å². The Morgan fingerprint density at radius 3 is 2.71 bits per heavy atom. The van der Waals surface area contributed by atoms with Gasteiger partial charge in [0, 0.05) is 0 Å². The van der Waals surface area contributed by atoms with Gasteiger partial charge in [0.15, 0.2) is 0 Å². The van der Waals surface area contributed by atoms with Gasteiger partial charge in [0.25, 0.3) is 0 Å². The summed E-state index contributed by atoms with van der Waals surface area (Å²) in [5, 5.41) is 0. The lowest BCUT2D eigenvalue weighted by Crippen LogP contribution is -1.99. The van der Waals surface area contributed by atoms with E-state index in [9.17, 15) is 4.39 Å². The molecule has 0 atom stereocenters. The van der Waals surface area contributed by atoms with Crippen molar-refractivity contribution in [2.24, 2.45) is 5.73 Å². The lowest BCUT2D eigenvalue weighted by atomic mass is 9.98. The van der Waals surface area contributed by atoms with Gasteiger partial charge in [0.2, 0.25) is 0 Å². The standard InChI is InChI=1S/C12H14FN/c1-9(8-12(14)10(2)13)11-6-4-3-5-7-11/h3-4,6,8H,1-2,5,7,14H2/b12-8+. The van der Waals surface area contributed by atoms with Crippen molar-refractivity contribution in [1.29, 1.82) is 0 Å². The molecule has 2 N–H and O–H groups in total. The van der Waals surface area contributed by atoms with Gasteiger partial charge < -0.3 is 5.73 Å². The number of nitrogens with two attached hydrogens (primary N) is 1. The first-order valence-electron chi connectivity index (χ1n) is 4.48. The molecule has 0 unspecified atom stereocenters. The molecule has 0 aromatic heterocycles. The summed E-state index contributed by atoms with van der Waals surface area (Å²) in [6.07, 6.45) is 9.47. The van der Waals surface area contributed by atoms with E-state index >= 15 is 0 Å². The molecular formula is C12H14FN. The molecule has 0 bridgehead atoms. The quantitative estimate of drug-likeness (QED) is 0.681. The van der Waals surface area contributed by atoms with Gasteiger partial charge in [-0.2, -0.15) is 0 Å². The molecule has 0 aromatic rings. The summed E-state index contributed by atoms with van der Waals surface area (Å²) in [5.74, 6) is -0.613. The van der Waals surface area contributed by atoms with Gasteiger partial charge >= 0.3 is 0 Å². The Hall–Kier alpha value is -1.57. The highest BCUT2D eigenvalue weighted by atomic mass is 19.1. The van der Waals surface area contributed by atoms with Gasteiger partial charge in [0.1, 0.15) is 5.83 Å². The topological polar surface area (TPSA) is 26.0 Å². The summed E-state index contributed by atoms with van der Waals surface area (Å²) in [4.78, 5) is 0. The molecule has 74 valence electrons. The SMILES string of the molecule is C=C(/C=C(/N)C(=C)F)C1=CC=CCC1. The third-order valence-corrected chi connectivity index (χ3v) is 2.07. The predicted molar refractivity (Wildman–Crippen MR) is 58.1 cm³/mol. The third-order valence-electron chi connectivity index (χ3n) is 2.07. The van der Waals surface area contributed by atoms with Crippen LogP contribution in [0.2, 0.25) is 0 Å². The Labute approximate surface area is 83.8 Å². The Kier molecular flexibility index (Phi) is 3.46. The van der Waals surface area contributed by atoms with E-state index in [-0.39, 0.29) is 5.70 Å². The minimum Gasteiger partial charge on any atom is -0.396 e. The number of allylic oxidation sites excluding steroid dienone is 7. The molecule has 1 aliphatic carbocycles. The fraction of sp³-hybridized carbons (Fsp3) is 0.167. The van der Waals surface area contributed by atoms with E-state index in [2.05, 4.69) is 19.2 Å². The molecule has 0 heterocycles. The fourth-order valence-electron chi connectivity index (χ4n) is 1.23. The first-order chi connectivity index (χ1) is 6.61. The van der Waals surface area contributed by atoms with E-state index in [0.717, 1.165) is 24.0 Å². The Morgan fingerprint density at radius 2 is 2.21 bits per heavy atom. The largest absolute Gasteiger partial charge is 0.396 e. The Morgan fingerprint density at radius 1 is 1.50 bits per heavy atom. The lowest BCUT2D eigenvalue weighted by molar-refractivity contribution is 0.653. The van der Waals surface area contributed by atoms with E-state index in [0.29, 0.717) is 0 Å². The van der Waals surface area contributed by atoms with Crippen molar-refractivity contribution < 1.29 is 4.39 Å². The molecule has 2 heteroatoms. The molecule has 0 amide bonds. The molecule has 0 spiro atoms. The number of halogens is 1. The van der Waals surface area contributed by atoms with Crippen molar-refractivity contribution in [2.75, 3.05) is 0 Å². The van der Waals surface area contributed by atoms with Crippen LogP contribution in [0.4, 0.5) is 4.39 Å². The minimum atomic E-state index is -0.613. The maximum atomic E-state index is 12.6. The molecule has 0 saturated carbocycles. The lowest BCUT2D eigenvalue weighted by Gasteiger charge is -2.09. The first-order valence-corrected chi connectivity index (χ1v) is 4.48. The van der Waals surface area contributed by atoms with E-state index in [4.69, 9.17) is 5.73 Å². The van der Waals surface area contributed by atoms with Crippen LogP contribution in [0.5, 0.6) is 0 Å². The zero-order valence-electron chi connectivity index (χ0n) is 8.09. The van der Waals surface area contributed by atoms with Crippen LogP contribution in [0, 0.1) is 0 Å². The smallest absolute Gasteiger partial charge is 0.138 e. The number of rotatable bonds is 3. The average Bonchev–Trinajstić information content (AvgIpc) is 2.19. The van der Waals surface area contributed by atoms with E-state index in [1.54, 1.807) is 0 Å². The molecule has 0 aromatic carbocycles. The van der Waals surface area contributed by atoms with Crippen LogP contribution in [0.15, 0.2) is 60.1 Å². The van der Waals surface area contributed by atoms with Gasteiger partial charge in [0.05, 0.1) is 5.70 Å². The second kappa shape index (κ2) is 4.61. The van der Waals surface area contributed by atoms with Crippen LogP contribution in [0.25, 0.3) is 0 Å². The van der Waals surface area contributed by atoms with Crippen molar-refractivity contribution in [3.63, 3.8) is 0 Å². The number of hydrogen-bond donors (Lipinski definition) is 1. The van der Waals surface area contributed by atoms with Crippen molar-refractivity contribution in [3.05, 3.63) is 60.1 Å². The van der Waals surface area contributed by atoms with Gasteiger partial charge in [-0.05, 0) is 30.1 Å². The molecule has 0 radical (unpaired) electrons. The van der Waals surface area contributed by atoms with Crippen molar-refractivity contribution in [2.45, 2.75) is 12.8 Å². The first kappa shape index (κ1) is 10.5. The summed E-state index contributed by atoms with van der Waals surface area (Å²) < 4.78 is 12.6. The second-order valence-corrected chi connectivity index (χ2v) is 3.19. The van der Waals surface area contributed by atoms with Gasteiger partial charge in [-0.3, -0.25) is 0 Å². The summed E-state index contributed by atoms with van der Waals surface area (Å²) in [6, 6.07) is 0. The van der Waals surface area contributed by atoms with E-state index < -0.39 is 5.83 Å². The highest BCUT2D eigenvalue weighted by Crippen LogP contribution is 2.21. The highest BCUT2D eigenvalue weighted by molar-refractivity contribution is 5.44. The molecule has 0 aliphatic heterocycles. The summed E-state index contributed by atoms with van der Waals surface area (Å²) in [6.45, 7) is 6.95. The predicted octanol–water partition coefficient (Wildman–Crippen LogP) is 3.14. The van der Waals surface area contributed by atoms with Gasteiger partial charge in [-0.15, -0.1) is 0 Å². The zero-order chi connectivity index (χ0) is 10.6. The van der Waals surface area contributed by atoms with Crippen LogP contribution in [-0.4, -0.2) is 0 Å². The fourth-order valence-corrected chi connectivity index (χ4v) is 1.23. The molecule has 1 nitrogen and oxygen atoms in total. The van der Waals surface area contributed by atoms with Gasteiger partial charge in [-0.25, -0.2) is 4.39 Å².